The minimum absolute atomic E-state index is 0.0284. The summed E-state index contributed by atoms with van der Waals surface area (Å²) in [6, 6.07) is 2.70. The van der Waals surface area contributed by atoms with E-state index in [4.69, 9.17) is 0 Å². The summed E-state index contributed by atoms with van der Waals surface area (Å²) in [5.74, 6) is -0.0284. The molecule has 0 aromatic carbocycles. The van der Waals surface area contributed by atoms with Crippen LogP contribution >= 0.6 is 0 Å². The molecule has 2 aromatic rings. The third-order valence-electron chi connectivity index (χ3n) is 2.49. The average Bonchev–Trinajstić information content (AvgIpc) is 2.38. The third-order valence-corrected chi connectivity index (χ3v) is 2.49. The lowest BCUT2D eigenvalue weighted by molar-refractivity contribution is -0.141. The van der Waals surface area contributed by atoms with Crippen molar-refractivity contribution in [3.05, 3.63) is 41.5 Å². The van der Waals surface area contributed by atoms with Crippen molar-refractivity contribution < 1.29 is 13.2 Å². The molecule has 0 unspecified atom stereocenters. The molecule has 0 bridgehead atoms. The first-order valence-electron chi connectivity index (χ1n) is 5.87. The van der Waals surface area contributed by atoms with Gasteiger partial charge in [0.1, 0.15) is 5.69 Å². The van der Waals surface area contributed by atoms with Crippen molar-refractivity contribution in [3.63, 3.8) is 0 Å². The number of hydrogen-bond acceptors (Lipinski definition) is 5. The number of halogens is 3. The Kier molecular flexibility index (Phi) is 4.11. The molecule has 0 atom stereocenters. The number of rotatable bonds is 4. The van der Waals surface area contributed by atoms with E-state index in [1.54, 1.807) is 18.5 Å². The van der Waals surface area contributed by atoms with Gasteiger partial charge in [0.25, 0.3) is 0 Å². The molecule has 0 aliphatic carbocycles. The van der Waals surface area contributed by atoms with E-state index >= 15 is 0 Å². The van der Waals surface area contributed by atoms with Crippen molar-refractivity contribution in [2.75, 3.05) is 11.9 Å². The van der Waals surface area contributed by atoms with E-state index in [1.807, 2.05) is 0 Å². The minimum atomic E-state index is -4.47. The van der Waals surface area contributed by atoms with Crippen LogP contribution in [0.1, 0.15) is 17.0 Å². The molecule has 8 heteroatoms. The van der Waals surface area contributed by atoms with Gasteiger partial charge in [0, 0.05) is 18.4 Å². The third kappa shape index (κ3) is 3.87. The van der Waals surface area contributed by atoms with Gasteiger partial charge in [-0.3, -0.25) is 0 Å². The van der Waals surface area contributed by atoms with E-state index in [1.165, 1.54) is 6.92 Å². The zero-order chi connectivity index (χ0) is 14.6. The fourth-order valence-electron chi connectivity index (χ4n) is 1.58. The van der Waals surface area contributed by atoms with E-state index in [9.17, 15) is 13.2 Å². The molecule has 0 amide bonds. The van der Waals surface area contributed by atoms with Crippen LogP contribution in [-0.4, -0.2) is 26.7 Å². The smallest absolute Gasteiger partial charge is 0.354 e. The summed E-state index contributed by atoms with van der Waals surface area (Å²) in [6.07, 6.45) is -0.729. The standard InChI is InChI=1S/C12H12F3N5/c1-8-6-10(12(13,14)15)20-11(19-8)16-4-2-9-3-5-17-18-7-9/h3,5-7H,2,4H2,1H3,(H,16,19,20). The predicted octanol–water partition coefficient (Wildman–Crippen LogP) is 2.25. The fourth-order valence-corrected chi connectivity index (χ4v) is 1.58. The second-order valence-corrected chi connectivity index (χ2v) is 4.14. The van der Waals surface area contributed by atoms with Crippen molar-refractivity contribution in [2.45, 2.75) is 19.5 Å². The maximum absolute atomic E-state index is 12.6. The summed E-state index contributed by atoms with van der Waals surface area (Å²) >= 11 is 0. The van der Waals surface area contributed by atoms with Crippen LogP contribution in [0.5, 0.6) is 0 Å². The highest BCUT2D eigenvalue weighted by molar-refractivity contribution is 5.29. The Morgan fingerprint density at radius 1 is 1.20 bits per heavy atom. The Morgan fingerprint density at radius 2 is 2.00 bits per heavy atom. The second kappa shape index (κ2) is 5.81. The van der Waals surface area contributed by atoms with Gasteiger partial charge in [-0.05, 0) is 31.0 Å². The first kappa shape index (κ1) is 14.2. The Morgan fingerprint density at radius 3 is 2.65 bits per heavy atom. The van der Waals surface area contributed by atoms with Gasteiger partial charge in [-0.1, -0.05) is 0 Å². The molecule has 2 rings (SSSR count). The van der Waals surface area contributed by atoms with E-state index in [2.05, 4.69) is 25.5 Å². The van der Waals surface area contributed by atoms with E-state index in [-0.39, 0.29) is 11.6 Å². The molecule has 0 fully saturated rings. The maximum atomic E-state index is 12.6. The van der Waals surface area contributed by atoms with Crippen LogP contribution in [0.15, 0.2) is 24.5 Å². The molecule has 2 aromatic heterocycles. The van der Waals surface area contributed by atoms with Gasteiger partial charge in [-0.25, -0.2) is 9.97 Å². The first-order valence-corrected chi connectivity index (χ1v) is 5.87. The molecule has 106 valence electrons. The number of nitrogens with one attached hydrogen (secondary N) is 1. The van der Waals surface area contributed by atoms with Gasteiger partial charge in [0.05, 0.1) is 6.20 Å². The largest absolute Gasteiger partial charge is 0.433 e. The molecule has 0 saturated carbocycles. The van der Waals surface area contributed by atoms with Crippen LogP contribution in [0, 0.1) is 6.92 Å². The number of hydrogen-bond donors (Lipinski definition) is 1. The Bertz CT molecular complexity index is 571. The van der Waals surface area contributed by atoms with Gasteiger partial charge in [0.2, 0.25) is 5.95 Å². The fraction of sp³-hybridized carbons (Fsp3) is 0.333. The van der Waals surface area contributed by atoms with Crippen LogP contribution in [0.2, 0.25) is 0 Å². The van der Waals surface area contributed by atoms with Crippen molar-refractivity contribution in [1.29, 1.82) is 0 Å². The topological polar surface area (TPSA) is 63.6 Å². The van der Waals surface area contributed by atoms with Crippen molar-refractivity contribution in [3.8, 4) is 0 Å². The second-order valence-electron chi connectivity index (χ2n) is 4.14. The highest BCUT2D eigenvalue weighted by atomic mass is 19.4. The Hall–Kier alpha value is -2.25. The van der Waals surface area contributed by atoms with Gasteiger partial charge >= 0.3 is 6.18 Å². The number of anilines is 1. The number of alkyl halides is 3. The minimum Gasteiger partial charge on any atom is -0.354 e. The highest BCUT2D eigenvalue weighted by Crippen LogP contribution is 2.28. The number of aryl methyl sites for hydroxylation is 1. The van der Waals surface area contributed by atoms with Crippen LogP contribution in [-0.2, 0) is 12.6 Å². The Balaban J connectivity index is 2.01. The van der Waals surface area contributed by atoms with Gasteiger partial charge in [-0.15, -0.1) is 0 Å². The van der Waals surface area contributed by atoms with Crippen molar-refractivity contribution in [1.82, 2.24) is 20.2 Å². The molecule has 2 heterocycles. The average molecular weight is 283 g/mol. The van der Waals surface area contributed by atoms with Crippen LogP contribution in [0.4, 0.5) is 19.1 Å². The monoisotopic (exact) mass is 283 g/mol. The molecule has 0 aliphatic heterocycles. The molecular formula is C12H12F3N5. The summed E-state index contributed by atoms with van der Waals surface area (Å²) in [7, 11) is 0. The van der Waals surface area contributed by atoms with Crippen LogP contribution < -0.4 is 5.32 Å². The molecule has 5 nitrogen and oxygen atoms in total. The maximum Gasteiger partial charge on any atom is 0.433 e. The lowest BCUT2D eigenvalue weighted by Gasteiger charge is -2.10. The summed E-state index contributed by atoms with van der Waals surface area (Å²) in [5, 5.41) is 10.1. The molecular weight excluding hydrogens is 271 g/mol. The normalized spacial score (nSPS) is 11.4. The molecule has 0 saturated heterocycles. The SMILES string of the molecule is Cc1cc(C(F)(F)F)nc(NCCc2ccnnc2)n1. The van der Waals surface area contributed by atoms with E-state index in [0.29, 0.717) is 13.0 Å². The molecule has 0 aliphatic rings. The summed E-state index contributed by atoms with van der Waals surface area (Å²) in [4.78, 5) is 7.39. The quantitative estimate of drug-likeness (QED) is 0.932. The molecule has 1 N–H and O–H groups in total. The highest BCUT2D eigenvalue weighted by Gasteiger charge is 2.33. The number of nitrogens with zero attached hydrogens (tertiary/aromatic N) is 4. The van der Waals surface area contributed by atoms with Crippen molar-refractivity contribution >= 4 is 5.95 Å². The van der Waals surface area contributed by atoms with Gasteiger partial charge in [-0.2, -0.15) is 23.4 Å². The summed E-state index contributed by atoms with van der Waals surface area (Å²) in [5.41, 5.74) is 0.245. The Labute approximate surface area is 113 Å². The predicted molar refractivity (Wildman–Crippen MR) is 66.0 cm³/mol. The molecule has 20 heavy (non-hydrogen) atoms. The van der Waals surface area contributed by atoms with E-state index in [0.717, 1.165) is 11.6 Å². The first-order chi connectivity index (χ1) is 9.45. The van der Waals surface area contributed by atoms with Crippen molar-refractivity contribution in [2.24, 2.45) is 0 Å². The zero-order valence-corrected chi connectivity index (χ0v) is 10.6. The lowest BCUT2D eigenvalue weighted by Crippen LogP contribution is -2.14. The zero-order valence-electron chi connectivity index (χ0n) is 10.6. The molecule has 0 radical (unpaired) electrons. The number of aromatic nitrogens is 4. The van der Waals surface area contributed by atoms with Gasteiger partial charge < -0.3 is 5.32 Å². The van der Waals surface area contributed by atoms with Crippen LogP contribution in [0.3, 0.4) is 0 Å². The molecule has 0 spiro atoms. The lowest BCUT2D eigenvalue weighted by atomic mass is 10.2. The summed E-state index contributed by atoms with van der Waals surface area (Å²) in [6.45, 7) is 1.90. The van der Waals surface area contributed by atoms with Crippen LogP contribution in [0.25, 0.3) is 0 Å². The van der Waals surface area contributed by atoms with E-state index < -0.39 is 11.9 Å². The summed E-state index contributed by atoms with van der Waals surface area (Å²) < 4.78 is 37.8. The van der Waals surface area contributed by atoms with Gasteiger partial charge in [0.15, 0.2) is 0 Å².